The summed E-state index contributed by atoms with van der Waals surface area (Å²) >= 11 is 0. The first kappa shape index (κ1) is 24.8. The number of anilines is 2. The van der Waals surface area contributed by atoms with Gasteiger partial charge in [-0.05, 0) is 69.7 Å². The number of carbonyl (C=O) groups excluding carboxylic acids is 2. The van der Waals surface area contributed by atoms with Crippen molar-refractivity contribution in [3.8, 4) is 17.2 Å². The number of nitrogens with one attached hydrogen (secondary N) is 1. The number of hydrogen-bond donors (Lipinski definition) is 1. The number of ether oxygens (including phenoxy) is 3. The van der Waals surface area contributed by atoms with Crippen LogP contribution in [0, 0.1) is 13.8 Å². The number of benzene rings is 2. The molecule has 0 aliphatic carbocycles. The second-order valence-electron chi connectivity index (χ2n) is 8.34. The lowest BCUT2D eigenvalue weighted by Gasteiger charge is -2.33. The molecule has 36 heavy (non-hydrogen) atoms. The lowest BCUT2D eigenvalue weighted by atomic mass is 10.1. The van der Waals surface area contributed by atoms with Crippen molar-refractivity contribution in [2.24, 2.45) is 0 Å². The standard InChI is InChI=1S/C27H29N3O6/c1-6-34-24-10-7-19(13-25(24)33-5)8-12-26(31)28-20-9-11-23-22(14-20)30(27(32)18(4)35-23)15-21-16(2)29-36-17(21)3/h7-14,18H,6,15H2,1-5H3,(H,28,31)/b12-8+. The number of methoxy groups -OCH3 is 1. The predicted molar refractivity (Wildman–Crippen MR) is 136 cm³/mol. The highest BCUT2D eigenvalue weighted by Gasteiger charge is 2.33. The molecule has 9 heteroatoms. The van der Waals surface area contributed by atoms with Crippen molar-refractivity contribution >= 4 is 29.3 Å². The van der Waals surface area contributed by atoms with E-state index in [0.717, 1.165) is 16.8 Å². The Balaban J connectivity index is 1.53. The second kappa shape index (κ2) is 10.6. The van der Waals surface area contributed by atoms with Gasteiger partial charge in [0.2, 0.25) is 5.91 Å². The molecule has 0 bridgehead atoms. The molecule has 1 unspecified atom stereocenters. The van der Waals surface area contributed by atoms with Gasteiger partial charge in [-0.3, -0.25) is 9.59 Å². The minimum Gasteiger partial charge on any atom is -0.493 e. The fourth-order valence-corrected chi connectivity index (χ4v) is 3.95. The molecule has 1 aliphatic rings. The number of nitrogens with zero attached hydrogens (tertiary/aromatic N) is 2. The highest BCUT2D eigenvalue weighted by Crippen LogP contribution is 2.38. The largest absolute Gasteiger partial charge is 0.493 e. The smallest absolute Gasteiger partial charge is 0.268 e. The Morgan fingerprint density at radius 2 is 2.00 bits per heavy atom. The van der Waals surface area contributed by atoms with Crippen LogP contribution < -0.4 is 24.4 Å². The molecule has 1 aromatic heterocycles. The fourth-order valence-electron chi connectivity index (χ4n) is 3.95. The van der Waals surface area contributed by atoms with E-state index in [9.17, 15) is 9.59 Å². The molecule has 0 radical (unpaired) electrons. The third-order valence-corrected chi connectivity index (χ3v) is 5.85. The molecule has 4 rings (SSSR count). The van der Waals surface area contributed by atoms with Crippen LogP contribution in [0.3, 0.4) is 0 Å². The number of amides is 2. The van der Waals surface area contributed by atoms with Gasteiger partial charge in [0.15, 0.2) is 17.6 Å². The van der Waals surface area contributed by atoms with Gasteiger partial charge in [-0.2, -0.15) is 0 Å². The minimum absolute atomic E-state index is 0.185. The SMILES string of the molecule is CCOc1ccc(/C=C/C(=O)Nc2ccc3c(c2)N(Cc2c(C)noc2C)C(=O)C(C)O3)cc1OC. The Morgan fingerprint density at radius 1 is 1.19 bits per heavy atom. The first-order chi connectivity index (χ1) is 17.3. The van der Waals surface area contributed by atoms with Crippen LogP contribution in [0.25, 0.3) is 6.08 Å². The van der Waals surface area contributed by atoms with Crippen LogP contribution in [0.2, 0.25) is 0 Å². The third-order valence-electron chi connectivity index (χ3n) is 5.85. The molecular weight excluding hydrogens is 462 g/mol. The van der Waals surface area contributed by atoms with Crippen molar-refractivity contribution in [1.82, 2.24) is 5.16 Å². The molecule has 2 aromatic carbocycles. The molecular formula is C27H29N3O6. The van der Waals surface area contributed by atoms with E-state index < -0.39 is 6.10 Å². The Hall–Kier alpha value is -4.27. The van der Waals surface area contributed by atoms with Crippen LogP contribution in [0.15, 0.2) is 47.0 Å². The molecule has 1 atom stereocenters. The summed E-state index contributed by atoms with van der Waals surface area (Å²) in [5.41, 5.74) is 3.45. The minimum atomic E-state index is -0.632. The number of rotatable bonds is 8. The van der Waals surface area contributed by atoms with Gasteiger partial charge >= 0.3 is 0 Å². The Labute approximate surface area is 209 Å². The van der Waals surface area contributed by atoms with Crippen LogP contribution in [0.4, 0.5) is 11.4 Å². The van der Waals surface area contributed by atoms with E-state index in [2.05, 4.69) is 10.5 Å². The molecule has 1 aliphatic heterocycles. The van der Waals surface area contributed by atoms with Crippen LogP contribution in [0.1, 0.15) is 36.4 Å². The lowest BCUT2D eigenvalue weighted by molar-refractivity contribution is -0.125. The predicted octanol–water partition coefficient (Wildman–Crippen LogP) is 4.66. The molecule has 0 spiro atoms. The topological polar surface area (TPSA) is 103 Å². The van der Waals surface area contributed by atoms with Crippen molar-refractivity contribution in [2.75, 3.05) is 23.9 Å². The van der Waals surface area contributed by atoms with E-state index in [-0.39, 0.29) is 18.4 Å². The highest BCUT2D eigenvalue weighted by atomic mass is 16.5. The molecule has 2 heterocycles. The summed E-state index contributed by atoms with van der Waals surface area (Å²) in [5, 5.41) is 6.83. The average Bonchev–Trinajstić information content (AvgIpc) is 3.18. The maximum absolute atomic E-state index is 13.0. The van der Waals surface area contributed by atoms with Gasteiger partial charge in [0.25, 0.3) is 5.91 Å². The van der Waals surface area contributed by atoms with Gasteiger partial charge in [-0.25, -0.2) is 0 Å². The van der Waals surface area contributed by atoms with Gasteiger partial charge in [0, 0.05) is 17.3 Å². The Kier molecular flexibility index (Phi) is 7.28. The first-order valence-corrected chi connectivity index (χ1v) is 11.6. The van der Waals surface area contributed by atoms with Crippen LogP contribution in [-0.2, 0) is 16.1 Å². The molecule has 9 nitrogen and oxygen atoms in total. The quantitative estimate of drug-likeness (QED) is 0.457. The summed E-state index contributed by atoms with van der Waals surface area (Å²) in [6, 6.07) is 10.6. The van der Waals surface area contributed by atoms with E-state index in [1.807, 2.05) is 26.8 Å². The van der Waals surface area contributed by atoms with Crippen molar-refractivity contribution in [3.05, 3.63) is 65.1 Å². The molecule has 2 amide bonds. The van der Waals surface area contributed by atoms with Gasteiger partial charge in [0.05, 0.1) is 31.6 Å². The maximum Gasteiger partial charge on any atom is 0.268 e. The molecule has 1 N–H and O–H groups in total. The summed E-state index contributed by atoms with van der Waals surface area (Å²) in [6.45, 7) is 8.08. The van der Waals surface area contributed by atoms with Crippen LogP contribution in [-0.4, -0.2) is 36.8 Å². The zero-order chi connectivity index (χ0) is 25.8. The normalized spacial score (nSPS) is 15.0. The Bertz CT molecular complexity index is 1290. The maximum atomic E-state index is 13.0. The number of aryl methyl sites for hydroxylation is 2. The van der Waals surface area contributed by atoms with Crippen LogP contribution in [0.5, 0.6) is 17.2 Å². The molecule has 0 fully saturated rings. The van der Waals surface area contributed by atoms with E-state index >= 15 is 0 Å². The lowest BCUT2D eigenvalue weighted by Crippen LogP contribution is -2.44. The van der Waals surface area contributed by atoms with E-state index in [4.69, 9.17) is 18.7 Å². The number of aromatic nitrogens is 1. The fraction of sp³-hybridized carbons (Fsp3) is 0.296. The second-order valence-corrected chi connectivity index (χ2v) is 8.34. The van der Waals surface area contributed by atoms with E-state index in [0.29, 0.717) is 41.0 Å². The summed E-state index contributed by atoms with van der Waals surface area (Å²) in [5.74, 6) is 1.94. The Morgan fingerprint density at radius 3 is 2.69 bits per heavy atom. The van der Waals surface area contributed by atoms with Gasteiger partial charge < -0.3 is 29.0 Å². The zero-order valence-electron chi connectivity index (χ0n) is 21.0. The molecule has 3 aromatic rings. The number of fused-ring (bicyclic) bond motifs is 1. The highest BCUT2D eigenvalue weighted by molar-refractivity contribution is 6.04. The monoisotopic (exact) mass is 491 g/mol. The average molecular weight is 492 g/mol. The number of carbonyl (C=O) groups is 2. The van der Waals surface area contributed by atoms with Crippen molar-refractivity contribution in [2.45, 2.75) is 40.3 Å². The van der Waals surface area contributed by atoms with Crippen LogP contribution >= 0.6 is 0 Å². The molecule has 0 saturated heterocycles. The van der Waals surface area contributed by atoms with Gasteiger partial charge in [-0.15, -0.1) is 0 Å². The van der Waals surface area contributed by atoms with Crippen molar-refractivity contribution in [1.29, 1.82) is 0 Å². The zero-order valence-corrected chi connectivity index (χ0v) is 21.0. The van der Waals surface area contributed by atoms with Crippen molar-refractivity contribution < 1.29 is 28.3 Å². The summed E-state index contributed by atoms with van der Waals surface area (Å²) in [4.78, 5) is 27.2. The molecule has 188 valence electrons. The number of hydrogen-bond acceptors (Lipinski definition) is 7. The first-order valence-electron chi connectivity index (χ1n) is 11.6. The third kappa shape index (κ3) is 5.19. The van der Waals surface area contributed by atoms with Gasteiger partial charge in [0.1, 0.15) is 11.5 Å². The molecule has 0 saturated carbocycles. The summed E-state index contributed by atoms with van der Waals surface area (Å²) in [7, 11) is 1.57. The van der Waals surface area contributed by atoms with Crippen molar-refractivity contribution in [3.63, 3.8) is 0 Å². The van der Waals surface area contributed by atoms with Gasteiger partial charge in [-0.1, -0.05) is 11.2 Å². The van der Waals surface area contributed by atoms with E-state index in [1.54, 1.807) is 55.3 Å². The van der Waals surface area contributed by atoms with E-state index in [1.165, 1.54) is 6.08 Å². The summed E-state index contributed by atoms with van der Waals surface area (Å²) in [6.07, 6.45) is 2.48. The summed E-state index contributed by atoms with van der Waals surface area (Å²) < 4.78 is 21.9.